The Morgan fingerprint density at radius 2 is 1.52 bits per heavy atom. The molecule has 362 valence electrons. The number of piperidine rings is 4. The lowest BCUT2D eigenvalue weighted by molar-refractivity contribution is -0.159. The monoisotopic (exact) mass is 981 g/mol. The molecular formula is C54H55Cl2F2N3O8. The Bertz CT molecular complexity index is 2570. The number of nitrogens with zero attached hydrogens (tertiary/aromatic N) is 3. The van der Waals surface area contributed by atoms with Gasteiger partial charge in [-0.15, -0.1) is 0 Å². The lowest BCUT2D eigenvalue weighted by Gasteiger charge is -2.44. The van der Waals surface area contributed by atoms with E-state index in [1.807, 2.05) is 60.7 Å². The van der Waals surface area contributed by atoms with Crippen LogP contribution in [0.15, 0.2) is 109 Å². The molecule has 0 N–H and O–H groups in total. The number of carbonyl (C=O) groups is 3. The summed E-state index contributed by atoms with van der Waals surface area (Å²) in [4.78, 5) is 50.3. The van der Waals surface area contributed by atoms with Crippen LogP contribution in [0.1, 0.15) is 102 Å². The fourth-order valence-electron chi connectivity index (χ4n) is 9.70. The van der Waals surface area contributed by atoms with Gasteiger partial charge in [0.05, 0.1) is 23.1 Å². The molecule has 0 radical (unpaired) electrons. The van der Waals surface area contributed by atoms with Crippen LogP contribution in [0.5, 0.6) is 17.2 Å². The van der Waals surface area contributed by atoms with Crippen molar-refractivity contribution in [2.45, 2.75) is 95.2 Å². The predicted octanol–water partition coefficient (Wildman–Crippen LogP) is 11.0. The molecule has 10 rings (SSSR count). The van der Waals surface area contributed by atoms with Gasteiger partial charge in [0.25, 0.3) is 5.91 Å². The van der Waals surface area contributed by atoms with E-state index in [1.165, 1.54) is 30.6 Å². The van der Waals surface area contributed by atoms with Gasteiger partial charge >= 0.3 is 18.6 Å². The molecule has 1 saturated carbocycles. The molecule has 0 unspecified atom stereocenters. The first-order valence-electron chi connectivity index (χ1n) is 23.8. The van der Waals surface area contributed by atoms with Gasteiger partial charge in [-0.2, -0.15) is 8.78 Å². The molecule has 11 nitrogen and oxygen atoms in total. The second-order valence-electron chi connectivity index (χ2n) is 18.5. The summed E-state index contributed by atoms with van der Waals surface area (Å²) in [5.74, 6) is -0.136. The zero-order valence-electron chi connectivity index (χ0n) is 38.2. The third-order valence-corrected chi connectivity index (χ3v) is 14.3. The quantitative estimate of drug-likeness (QED) is 0.0741. The Morgan fingerprint density at radius 1 is 0.754 bits per heavy atom. The zero-order valence-corrected chi connectivity index (χ0v) is 39.7. The molecule has 1 aliphatic carbocycles. The van der Waals surface area contributed by atoms with Crippen molar-refractivity contribution in [2.75, 3.05) is 32.8 Å². The Balaban J connectivity index is 0.890. The maximum absolute atomic E-state index is 14.4. The Morgan fingerprint density at radius 3 is 2.26 bits per heavy atom. The summed E-state index contributed by atoms with van der Waals surface area (Å²) >= 11 is 13.1. The Kier molecular flexibility index (Phi) is 15.6. The highest BCUT2D eigenvalue weighted by Gasteiger charge is 2.38. The summed E-state index contributed by atoms with van der Waals surface area (Å²) in [5.41, 5.74) is 3.96. The molecule has 5 heterocycles. The molecule has 4 aromatic carbocycles. The number of hydrogen-bond acceptors (Lipinski definition) is 10. The SMILES string of the molecule is O=C(C[C@@H](c1ccccc1)c1cccc(OCc2cccc(C(=O)N3CCCC[C@H]3C(=O)O[C@@H](Cc3c(Cl)cncc3Cl)c3ccc(OC(F)F)c(OCC4CC4)c3)c2)c1)O[C@H]1CN2CCC1CC2. The maximum atomic E-state index is 14.4. The molecule has 2 bridgehead atoms. The first kappa shape index (κ1) is 48.3. The summed E-state index contributed by atoms with van der Waals surface area (Å²) in [6.45, 7) is 0.665. The minimum absolute atomic E-state index is 0.0217. The zero-order chi connectivity index (χ0) is 47.9. The number of halogens is 4. The van der Waals surface area contributed by atoms with Crippen molar-refractivity contribution in [2.24, 2.45) is 11.8 Å². The van der Waals surface area contributed by atoms with E-state index in [1.54, 1.807) is 23.1 Å². The second-order valence-corrected chi connectivity index (χ2v) is 19.3. The molecule has 1 aromatic heterocycles. The van der Waals surface area contributed by atoms with Crippen LogP contribution in [0, 0.1) is 11.8 Å². The van der Waals surface area contributed by atoms with Crippen molar-refractivity contribution in [3.8, 4) is 17.2 Å². The van der Waals surface area contributed by atoms with Gasteiger partial charge in [-0.1, -0.05) is 83.9 Å². The summed E-state index contributed by atoms with van der Waals surface area (Å²) in [5, 5.41) is 0.510. The lowest BCUT2D eigenvalue weighted by atomic mass is 9.85. The Labute approximate surface area is 410 Å². The molecule has 15 heteroatoms. The van der Waals surface area contributed by atoms with Crippen molar-refractivity contribution >= 4 is 41.0 Å². The average molecular weight is 983 g/mol. The molecule has 5 aliphatic rings. The van der Waals surface area contributed by atoms with Gasteiger partial charge in [0.1, 0.15) is 30.6 Å². The summed E-state index contributed by atoms with van der Waals surface area (Å²) in [6.07, 6.45) is 7.83. The van der Waals surface area contributed by atoms with Crippen molar-refractivity contribution in [1.29, 1.82) is 0 Å². The fourth-order valence-corrected chi connectivity index (χ4v) is 10.2. The van der Waals surface area contributed by atoms with Gasteiger partial charge in [0.15, 0.2) is 11.5 Å². The third kappa shape index (κ3) is 12.3. The number of pyridine rings is 1. The predicted molar refractivity (Wildman–Crippen MR) is 256 cm³/mol. The molecule has 4 atom stereocenters. The minimum Gasteiger partial charge on any atom is -0.489 e. The van der Waals surface area contributed by atoms with Crippen molar-refractivity contribution in [1.82, 2.24) is 14.8 Å². The Hall–Kier alpha value is -5.76. The minimum atomic E-state index is -3.08. The highest BCUT2D eigenvalue weighted by Crippen LogP contribution is 2.39. The molecule has 69 heavy (non-hydrogen) atoms. The van der Waals surface area contributed by atoms with Crippen LogP contribution in [-0.4, -0.2) is 84.2 Å². The van der Waals surface area contributed by atoms with E-state index in [0.29, 0.717) is 66.7 Å². The number of aromatic nitrogens is 1. The average Bonchev–Trinajstić information content (AvgIpc) is 4.21. The van der Waals surface area contributed by atoms with Gasteiger partial charge in [0, 0.05) is 43.4 Å². The van der Waals surface area contributed by atoms with Crippen LogP contribution in [-0.2, 0) is 32.1 Å². The van der Waals surface area contributed by atoms with Gasteiger partial charge in [-0.05, 0) is 134 Å². The second kappa shape index (κ2) is 22.3. The number of ether oxygens (including phenoxy) is 5. The fraction of sp³-hybridized carbons (Fsp3) is 0.407. The molecule has 5 fully saturated rings. The van der Waals surface area contributed by atoms with Crippen LogP contribution in [0.25, 0.3) is 0 Å². The molecule has 1 amide bonds. The number of esters is 2. The van der Waals surface area contributed by atoms with Crippen molar-refractivity contribution < 1.29 is 46.8 Å². The highest BCUT2D eigenvalue weighted by atomic mass is 35.5. The first-order valence-corrected chi connectivity index (χ1v) is 24.6. The summed E-state index contributed by atoms with van der Waals surface area (Å²) in [7, 11) is 0. The van der Waals surface area contributed by atoms with Gasteiger partial charge in [-0.3, -0.25) is 19.5 Å². The largest absolute Gasteiger partial charge is 0.489 e. The standard InChI is InChI=1S/C54H55Cl2F2N3O8/c55-44-29-59-30-45(56)43(44)27-48(39-17-18-47(69-54(57)58)49(26-39)66-32-34-15-16-34)68-53(64)46-14-4-5-21-61(46)52(63)40-12-6-8-35(24-40)33-65-41-13-7-11-38(25-41)42(36-9-2-1-3-10-36)28-51(62)67-50-31-60-22-19-37(50)20-23-60/h1-3,6-13,17-18,24-26,29-30,34,37,42,46,48,50,54H,4-5,14-16,19-23,27-28,31-33H2/t42-,46-,48-,50-/m0/s1. The summed E-state index contributed by atoms with van der Waals surface area (Å²) < 4.78 is 56.3. The third-order valence-electron chi connectivity index (χ3n) is 13.7. The smallest absolute Gasteiger partial charge is 0.387 e. The van der Waals surface area contributed by atoms with Gasteiger partial charge in [-0.25, -0.2) is 4.79 Å². The summed E-state index contributed by atoms with van der Waals surface area (Å²) in [6, 6.07) is 28.3. The number of likely N-dealkylation sites (tertiary alicyclic amines) is 1. The topological polar surface area (TPSA) is 117 Å². The molecule has 5 aromatic rings. The van der Waals surface area contributed by atoms with Crippen LogP contribution in [0.4, 0.5) is 8.78 Å². The van der Waals surface area contributed by atoms with E-state index in [-0.39, 0.29) is 64.9 Å². The number of fused-ring (bicyclic) bond motifs is 3. The molecular weight excluding hydrogens is 928 g/mol. The van der Waals surface area contributed by atoms with Gasteiger partial charge < -0.3 is 28.6 Å². The van der Waals surface area contributed by atoms with E-state index in [2.05, 4.69) is 9.88 Å². The number of rotatable bonds is 19. The van der Waals surface area contributed by atoms with Crippen LogP contribution < -0.4 is 14.2 Å². The lowest BCUT2D eigenvalue weighted by Crippen LogP contribution is -2.52. The van der Waals surface area contributed by atoms with Crippen molar-refractivity contribution in [3.63, 3.8) is 0 Å². The van der Waals surface area contributed by atoms with Crippen molar-refractivity contribution in [3.05, 3.63) is 153 Å². The van der Waals surface area contributed by atoms with E-state index < -0.39 is 24.7 Å². The van der Waals surface area contributed by atoms with E-state index >= 15 is 0 Å². The van der Waals surface area contributed by atoms with E-state index in [0.717, 1.165) is 62.0 Å². The number of benzene rings is 4. The maximum Gasteiger partial charge on any atom is 0.387 e. The normalized spacial score (nSPS) is 20.7. The number of hydrogen-bond donors (Lipinski definition) is 0. The van der Waals surface area contributed by atoms with Crippen LogP contribution in [0.2, 0.25) is 10.0 Å². The molecule has 4 saturated heterocycles. The van der Waals surface area contributed by atoms with E-state index in [4.69, 9.17) is 46.9 Å². The molecule has 0 spiro atoms. The highest BCUT2D eigenvalue weighted by molar-refractivity contribution is 6.35. The van der Waals surface area contributed by atoms with E-state index in [9.17, 15) is 23.2 Å². The van der Waals surface area contributed by atoms with Gasteiger partial charge in [0.2, 0.25) is 0 Å². The number of carbonyl (C=O) groups excluding carboxylic acids is 3. The number of alkyl halides is 2. The first-order chi connectivity index (χ1) is 33.5. The van der Waals surface area contributed by atoms with Crippen LogP contribution in [0.3, 0.4) is 0 Å². The van der Waals surface area contributed by atoms with Crippen LogP contribution >= 0.6 is 23.2 Å². The number of amides is 1. The molecule has 4 aliphatic heterocycles.